The molecule has 1 aromatic heterocycles. The lowest BCUT2D eigenvalue weighted by Crippen LogP contribution is -2.06. The molecule has 0 amide bonds. The fraction of sp³-hybridized carbons (Fsp3) is 0.600. The lowest BCUT2D eigenvalue weighted by atomic mass is 10.2. The van der Waals surface area contributed by atoms with E-state index in [9.17, 15) is 4.79 Å². The van der Waals surface area contributed by atoms with Crippen molar-refractivity contribution in [3.63, 3.8) is 0 Å². The summed E-state index contributed by atoms with van der Waals surface area (Å²) < 4.78 is 5.85. The fourth-order valence-electron chi connectivity index (χ4n) is 1.63. The van der Waals surface area contributed by atoms with Crippen molar-refractivity contribution < 1.29 is 9.53 Å². The van der Waals surface area contributed by atoms with Crippen molar-refractivity contribution in [1.29, 1.82) is 0 Å². The van der Waals surface area contributed by atoms with Gasteiger partial charge >= 0.3 is 5.97 Å². The van der Waals surface area contributed by atoms with Crippen LogP contribution in [-0.2, 0) is 4.74 Å². The molecule has 1 aliphatic rings. The Labute approximate surface area is 102 Å². The number of rotatable bonds is 3. The molecule has 1 aromatic rings. The molecule has 5 heteroatoms. The van der Waals surface area contributed by atoms with E-state index in [1.54, 1.807) is 6.92 Å². The Morgan fingerprint density at radius 3 is 2.93 bits per heavy atom. The third-order valence-electron chi connectivity index (χ3n) is 2.67. The van der Waals surface area contributed by atoms with E-state index in [1.807, 2.05) is 0 Å². The number of carbonyl (C=O) groups is 1. The highest BCUT2D eigenvalue weighted by Crippen LogP contribution is 2.47. The quantitative estimate of drug-likeness (QED) is 0.687. The second-order valence-electron chi connectivity index (χ2n) is 3.84. The average Bonchev–Trinajstić information content (AvgIpc) is 2.76. The van der Waals surface area contributed by atoms with Gasteiger partial charge in [0.1, 0.15) is 0 Å². The minimum Gasteiger partial charge on any atom is -0.461 e. The molecule has 82 valence electrons. The first kappa shape index (κ1) is 10.9. The summed E-state index contributed by atoms with van der Waals surface area (Å²) >= 11 is 2.16. The summed E-state index contributed by atoms with van der Waals surface area (Å²) in [4.78, 5) is 11.5. The van der Waals surface area contributed by atoms with Gasteiger partial charge in [0.2, 0.25) is 0 Å². The Morgan fingerprint density at radius 2 is 2.40 bits per heavy atom. The molecule has 0 aliphatic heterocycles. The second-order valence-corrected chi connectivity index (χ2v) is 4.92. The predicted octanol–water partition coefficient (Wildman–Crippen LogP) is 2.31. The van der Waals surface area contributed by atoms with Crippen LogP contribution in [0.1, 0.15) is 42.4 Å². The molecule has 0 bridgehead atoms. The molecule has 1 aliphatic carbocycles. The normalized spacial score (nSPS) is 23.9. The first-order chi connectivity index (χ1) is 7.15. The molecule has 4 nitrogen and oxygen atoms in total. The minimum absolute atomic E-state index is 0.311. The number of ether oxygens (including phenoxy) is 1. The third kappa shape index (κ3) is 2.02. The van der Waals surface area contributed by atoms with Crippen molar-refractivity contribution in [3.05, 3.63) is 15.0 Å². The molecule has 0 spiro atoms. The van der Waals surface area contributed by atoms with E-state index in [2.05, 4.69) is 39.7 Å². The topological polar surface area (TPSA) is 55.0 Å². The number of carbonyl (C=O) groups excluding carboxylic acids is 1. The van der Waals surface area contributed by atoms with Crippen LogP contribution in [0, 0.1) is 9.49 Å². The number of H-pyrrole nitrogens is 1. The van der Waals surface area contributed by atoms with Gasteiger partial charge in [-0.25, -0.2) is 4.79 Å². The van der Waals surface area contributed by atoms with Crippen LogP contribution in [0.2, 0.25) is 0 Å². The Kier molecular flexibility index (Phi) is 2.99. The minimum atomic E-state index is -0.311. The summed E-state index contributed by atoms with van der Waals surface area (Å²) in [5.74, 6) is 0.905. The lowest BCUT2D eigenvalue weighted by Gasteiger charge is -1.98. The van der Waals surface area contributed by atoms with Gasteiger partial charge in [0.15, 0.2) is 5.69 Å². The highest BCUT2D eigenvalue weighted by molar-refractivity contribution is 14.1. The summed E-state index contributed by atoms with van der Waals surface area (Å²) in [5.41, 5.74) is 1.51. The Balaban J connectivity index is 2.20. The average molecular weight is 320 g/mol. The van der Waals surface area contributed by atoms with Crippen molar-refractivity contribution >= 4 is 28.6 Å². The molecule has 1 saturated carbocycles. The number of hydrogen-bond donors (Lipinski definition) is 1. The van der Waals surface area contributed by atoms with Crippen LogP contribution in [0.15, 0.2) is 0 Å². The molecular weight excluding hydrogens is 307 g/mol. The van der Waals surface area contributed by atoms with Crippen LogP contribution in [0.4, 0.5) is 0 Å². The standard InChI is InChI=1S/C10H13IN2O2/c1-3-15-10(14)9-7(11)8(12-13-9)6-4-5(6)2/h5-6H,3-4H2,1-2H3,(H,12,13)/t5-,6-/m1/s1. The van der Waals surface area contributed by atoms with Crippen LogP contribution in [-0.4, -0.2) is 22.8 Å². The molecule has 0 radical (unpaired) electrons. The van der Waals surface area contributed by atoms with Crippen LogP contribution >= 0.6 is 22.6 Å². The van der Waals surface area contributed by atoms with Gasteiger partial charge in [-0.3, -0.25) is 5.10 Å². The maximum atomic E-state index is 11.5. The van der Waals surface area contributed by atoms with Gasteiger partial charge in [0, 0.05) is 5.92 Å². The molecule has 1 heterocycles. The van der Waals surface area contributed by atoms with Gasteiger partial charge in [-0.2, -0.15) is 5.10 Å². The maximum absolute atomic E-state index is 11.5. The molecule has 0 aromatic carbocycles. The zero-order valence-corrected chi connectivity index (χ0v) is 10.9. The van der Waals surface area contributed by atoms with Crippen molar-refractivity contribution in [2.45, 2.75) is 26.2 Å². The Morgan fingerprint density at radius 1 is 1.73 bits per heavy atom. The lowest BCUT2D eigenvalue weighted by molar-refractivity contribution is 0.0518. The number of aromatic nitrogens is 2. The molecule has 15 heavy (non-hydrogen) atoms. The third-order valence-corrected chi connectivity index (χ3v) is 3.76. The number of nitrogens with zero attached hydrogens (tertiary/aromatic N) is 1. The van der Waals surface area contributed by atoms with Crippen molar-refractivity contribution in [2.75, 3.05) is 6.61 Å². The molecule has 2 atom stereocenters. The fourth-order valence-corrected chi connectivity index (χ4v) is 2.49. The molecule has 0 saturated heterocycles. The van der Waals surface area contributed by atoms with Crippen LogP contribution < -0.4 is 0 Å². The summed E-state index contributed by atoms with van der Waals surface area (Å²) in [6, 6.07) is 0. The van der Waals surface area contributed by atoms with Gasteiger partial charge in [0.05, 0.1) is 15.9 Å². The van der Waals surface area contributed by atoms with E-state index in [-0.39, 0.29) is 5.97 Å². The first-order valence-electron chi connectivity index (χ1n) is 5.06. The van der Waals surface area contributed by atoms with E-state index in [4.69, 9.17) is 4.74 Å². The van der Waals surface area contributed by atoms with Crippen LogP contribution in [0.5, 0.6) is 0 Å². The van der Waals surface area contributed by atoms with E-state index in [0.29, 0.717) is 24.1 Å². The molecule has 0 unspecified atom stereocenters. The number of esters is 1. The largest absolute Gasteiger partial charge is 0.461 e. The van der Waals surface area contributed by atoms with E-state index in [1.165, 1.54) is 6.42 Å². The van der Waals surface area contributed by atoms with Crippen molar-refractivity contribution in [3.8, 4) is 0 Å². The predicted molar refractivity (Wildman–Crippen MR) is 63.8 cm³/mol. The highest BCUT2D eigenvalue weighted by atomic mass is 127. The SMILES string of the molecule is CCOC(=O)c1[nH]nc([C@@H]2C[C@H]2C)c1I. The van der Waals surface area contributed by atoms with E-state index in [0.717, 1.165) is 9.26 Å². The first-order valence-corrected chi connectivity index (χ1v) is 6.13. The van der Waals surface area contributed by atoms with Crippen LogP contribution in [0.25, 0.3) is 0 Å². The maximum Gasteiger partial charge on any atom is 0.357 e. The van der Waals surface area contributed by atoms with Gasteiger partial charge in [0.25, 0.3) is 0 Å². The number of nitrogens with one attached hydrogen (secondary N) is 1. The second kappa shape index (κ2) is 4.11. The smallest absolute Gasteiger partial charge is 0.357 e. The molecule has 1 fully saturated rings. The van der Waals surface area contributed by atoms with E-state index < -0.39 is 0 Å². The summed E-state index contributed by atoms with van der Waals surface area (Å²) in [6.45, 7) is 4.38. The zero-order chi connectivity index (χ0) is 11.0. The molecular formula is C10H13IN2O2. The number of halogens is 1. The van der Waals surface area contributed by atoms with Gasteiger partial charge in [-0.15, -0.1) is 0 Å². The Bertz CT molecular complexity index is 389. The summed E-state index contributed by atoms with van der Waals surface area (Å²) in [7, 11) is 0. The molecule has 2 rings (SSSR count). The van der Waals surface area contributed by atoms with E-state index >= 15 is 0 Å². The number of aromatic amines is 1. The highest BCUT2D eigenvalue weighted by Gasteiger charge is 2.38. The Hall–Kier alpha value is -0.590. The van der Waals surface area contributed by atoms with Crippen LogP contribution in [0.3, 0.4) is 0 Å². The zero-order valence-electron chi connectivity index (χ0n) is 8.71. The van der Waals surface area contributed by atoms with Gasteiger partial charge < -0.3 is 4.74 Å². The van der Waals surface area contributed by atoms with Gasteiger partial charge in [-0.1, -0.05) is 6.92 Å². The van der Waals surface area contributed by atoms with Gasteiger partial charge in [-0.05, 0) is 41.9 Å². The molecule has 1 N–H and O–H groups in total. The summed E-state index contributed by atoms with van der Waals surface area (Å²) in [6.07, 6.45) is 1.17. The number of hydrogen-bond acceptors (Lipinski definition) is 3. The monoisotopic (exact) mass is 320 g/mol. The van der Waals surface area contributed by atoms with Crippen molar-refractivity contribution in [1.82, 2.24) is 10.2 Å². The summed E-state index contributed by atoms with van der Waals surface area (Å²) in [5, 5.41) is 6.97. The van der Waals surface area contributed by atoms with Crippen molar-refractivity contribution in [2.24, 2.45) is 5.92 Å².